The average Bonchev–Trinajstić information content (AvgIpc) is 2.30. The summed E-state index contributed by atoms with van der Waals surface area (Å²) in [7, 11) is 1.35. The van der Waals surface area contributed by atoms with Crippen molar-refractivity contribution >= 4 is 11.8 Å². The SMILES string of the molecule is CCN(C(=O)OC)c1cccc([C@@H](C)O)c1. The third kappa shape index (κ3) is 2.73. The number of aliphatic hydroxyl groups is 1. The van der Waals surface area contributed by atoms with Gasteiger partial charge in [-0.25, -0.2) is 4.79 Å². The van der Waals surface area contributed by atoms with Crippen LogP contribution in [0.25, 0.3) is 0 Å². The molecule has 1 aromatic rings. The third-order valence-corrected chi connectivity index (χ3v) is 2.38. The molecule has 0 aliphatic rings. The maximum atomic E-state index is 11.5. The number of nitrogens with zero attached hydrogens (tertiary/aromatic N) is 1. The Morgan fingerprint density at radius 1 is 1.56 bits per heavy atom. The van der Waals surface area contributed by atoms with Crippen LogP contribution < -0.4 is 4.90 Å². The normalized spacial score (nSPS) is 12.0. The summed E-state index contributed by atoms with van der Waals surface area (Å²) in [6, 6.07) is 7.22. The van der Waals surface area contributed by atoms with Crippen LogP contribution >= 0.6 is 0 Å². The number of benzene rings is 1. The summed E-state index contributed by atoms with van der Waals surface area (Å²) in [6.45, 7) is 4.08. The predicted molar refractivity (Wildman–Crippen MR) is 62.5 cm³/mol. The van der Waals surface area contributed by atoms with Gasteiger partial charge in [0.15, 0.2) is 0 Å². The highest BCUT2D eigenvalue weighted by Crippen LogP contribution is 2.20. The number of carbonyl (C=O) groups is 1. The van der Waals surface area contributed by atoms with Crippen LogP contribution in [0.15, 0.2) is 24.3 Å². The molecular formula is C12H17NO3. The first-order chi connectivity index (χ1) is 7.60. The van der Waals surface area contributed by atoms with Gasteiger partial charge in [-0.05, 0) is 31.5 Å². The Kier molecular flexibility index (Phi) is 4.31. The summed E-state index contributed by atoms with van der Waals surface area (Å²) < 4.78 is 4.68. The molecular weight excluding hydrogens is 206 g/mol. The Labute approximate surface area is 95.5 Å². The van der Waals surface area contributed by atoms with Crippen molar-refractivity contribution in [3.05, 3.63) is 29.8 Å². The van der Waals surface area contributed by atoms with E-state index >= 15 is 0 Å². The van der Waals surface area contributed by atoms with Crippen LogP contribution in [-0.4, -0.2) is 24.9 Å². The van der Waals surface area contributed by atoms with E-state index in [9.17, 15) is 9.90 Å². The van der Waals surface area contributed by atoms with Gasteiger partial charge in [-0.3, -0.25) is 4.90 Å². The summed E-state index contributed by atoms with van der Waals surface area (Å²) in [5, 5.41) is 9.46. The zero-order valence-corrected chi connectivity index (χ0v) is 9.80. The minimum Gasteiger partial charge on any atom is -0.452 e. The third-order valence-electron chi connectivity index (χ3n) is 2.38. The first-order valence-corrected chi connectivity index (χ1v) is 5.23. The summed E-state index contributed by atoms with van der Waals surface area (Å²) in [5.41, 5.74) is 1.51. The summed E-state index contributed by atoms with van der Waals surface area (Å²) in [5.74, 6) is 0. The number of methoxy groups -OCH3 is 1. The van der Waals surface area contributed by atoms with E-state index in [4.69, 9.17) is 0 Å². The number of aliphatic hydroxyl groups excluding tert-OH is 1. The van der Waals surface area contributed by atoms with E-state index < -0.39 is 12.2 Å². The second kappa shape index (κ2) is 5.51. The molecule has 0 bridgehead atoms. The maximum absolute atomic E-state index is 11.5. The van der Waals surface area contributed by atoms with Crippen LogP contribution in [0, 0.1) is 0 Å². The Morgan fingerprint density at radius 2 is 2.25 bits per heavy atom. The number of hydrogen-bond acceptors (Lipinski definition) is 3. The van der Waals surface area contributed by atoms with Crippen molar-refractivity contribution < 1.29 is 14.6 Å². The molecule has 0 radical (unpaired) electrons. The van der Waals surface area contributed by atoms with Crippen molar-refractivity contribution in [3.63, 3.8) is 0 Å². The van der Waals surface area contributed by atoms with Gasteiger partial charge >= 0.3 is 6.09 Å². The predicted octanol–water partition coefficient (Wildman–Crippen LogP) is 2.33. The van der Waals surface area contributed by atoms with Crippen LogP contribution in [0.1, 0.15) is 25.5 Å². The van der Waals surface area contributed by atoms with E-state index in [1.807, 2.05) is 25.1 Å². The Morgan fingerprint density at radius 3 is 2.75 bits per heavy atom. The van der Waals surface area contributed by atoms with E-state index in [1.165, 1.54) is 12.0 Å². The Bertz CT molecular complexity index is 363. The number of ether oxygens (including phenoxy) is 1. The fourth-order valence-electron chi connectivity index (χ4n) is 1.48. The van der Waals surface area contributed by atoms with Crippen LogP contribution in [0.3, 0.4) is 0 Å². The van der Waals surface area contributed by atoms with E-state index in [-0.39, 0.29) is 0 Å². The molecule has 1 rings (SSSR count). The molecule has 0 spiro atoms. The lowest BCUT2D eigenvalue weighted by atomic mass is 10.1. The second-order valence-corrected chi connectivity index (χ2v) is 3.49. The molecule has 1 atom stereocenters. The van der Waals surface area contributed by atoms with Crippen molar-refractivity contribution in [1.82, 2.24) is 0 Å². The van der Waals surface area contributed by atoms with Crippen LogP contribution in [0.2, 0.25) is 0 Å². The van der Waals surface area contributed by atoms with Crippen LogP contribution in [0.4, 0.5) is 10.5 Å². The maximum Gasteiger partial charge on any atom is 0.413 e. The molecule has 0 fully saturated rings. The summed E-state index contributed by atoms with van der Waals surface area (Å²) >= 11 is 0. The monoisotopic (exact) mass is 223 g/mol. The smallest absolute Gasteiger partial charge is 0.413 e. The van der Waals surface area contributed by atoms with Crippen molar-refractivity contribution in [2.45, 2.75) is 20.0 Å². The highest BCUT2D eigenvalue weighted by molar-refractivity contribution is 5.87. The fourth-order valence-corrected chi connectivity index (χ4v) is 1.48. The van der Waals surface area contributed by atoms with Gasteiger partial charge < -0.3 is 9.84 Å². The van der Waals surface area contributed by atoms with Gasteiger partial charge in [0, 0.05) is 12.2 Å². The molecule has 16 heavy (non-hydrogen) atoms. The zero-order valence-electron chi connectivity index (χ0n) is 9.80. The van der Waals surface area contributed by atoms with Gasteiger partial charge in [-0.1, -0.05) is 12.1 Å². The number of rotatable bonds is 3. The highest BCUT2D eigenvalue weighted by Gasteiger charge is 2.14. The molecule has 1 N–H and O–H groups in total. The van der Waals surface area contributed by atoms with Gasteiger partial charge in [-0.15, -0.1) is 0 Å². The molecule has 0 saturated heterocycles. The standard InChI is InChI=1S/C12H17NO3/c1-4-13(12(15)16-3)11-7-5-6-10(8-11)9(2)14/h5-9,14H,4H2,1-3H3/t9-/m1/s1. The molecule has 88 valence electrons. The number of carbonyl (C=O) groups excluding carboxylic acids is 1. The lowest BCUT2D eigenvalue weighted by Gasteiger charge is -2.20. The van der Waals surface area contributed by atoms with Gasteiger partial charge in [0.25, 0.3) is 0 Å². The number of hydrogen-bond donors (Lipinski definition) is 1. The van der Waals surface area contributed by atoms with E-state index in [0.717, 1.165) is 11.3 Å². The van der Waals surface area contributed by atoms with E-state index in [1.54, 1.807) is 13.0 Å². The molecule has 1 amide bonds. The Balaban J connectivity index is 3.01. The molecule has 0 saturated carbocycles. The van der Waals surface area contributed by atoms with Crippen molar-refractivity contribution in [2.75, 3.05) is 18.6 Å². The number of anilines is 1. The molecule has 4 heteroatoms. The molecule has 0 aliphatic carbocycles. The fraction of sp³-hybridized carbons (Fsp3) is 0.417. The molecule has 4 nitrogen and oxygen atoms in total. The van der Waals surface area contributed by atoms with Gasteiger partial charge in [0.05, 0.1) is 13.2 Å². The van der Waals surface area contributed by atoms with Gasteiger partial charge in [0.2, 0.25) is 0 Å². The summed E-state index contributed by atoms with van der Waals surface area (Å²) in [6.07, 6.45) is -0.943. The highest BCUT2D eigenvalue weighted by atomic mass is 16.5. The second-order valence-electron chi connectivity index (χ2n) is 3.49. The van der Waals surface area contributed by atoms with E-state index in [0.29, 0.717) is 6.54 Å². The van der Waals surface area contributed by atoms with Gasteiger partial charge in [0.1, 0.15) is 0 Å². The largest absolute Gasteiger partial charge is 0.452 e. The van der Waals surface area contributed by atoms with Crippen molar-refractivity contribution in [1.29, 1.82) is 0 Å². The zero-order chi connectivity index (χ0) is 12.1. The molecule has 0 heterocycles. The van der Waals surface area contributed by atoms with Crippen LogP contribution in [0.5, 0.6) is 0 Å². The summed E-state index contributed by atoms with van der Waals surface area (Å²) in [4.78, 5) is 13.0. The lowest BCUT2D eigenvalue weighted by Crippen LogP contribution is -2.30. The van der Waals surface area contributed by atoms with Crippen molar-refractivity contribution in [2.24, 2.45) is 0 Å². The minimum absolute atomic E-state index is 0.398. The molecule has 0 aliphatic heterocycles. The van der Waals surface area contributed by atoms with Crippen molar-refractivity contribution in [3.8, 4) is 0 Å². The average molecular weight is 223 g/mol. The topological polar surface area (TPSA) is 49.8 Å². The molecule has 1 aromatic carbocycles. The molecule has 0 aromatic heterocycles. The molecule has 0 unspecified atom stereocenters. The van der Waals surface area contributed by atoms with Crippen LogP contribution in [-0.2, 0) is 4.74 Å². The van der Waals surface area contributed by atoms with Gasteiger partial charge in [-0.2, -0.15) is 0 Å². The lowest BCUT2D eigenvalue weighted by molar-refractivity contribution is 0.179. The Hall–Kier alpha value is -1.55. The quantitative estimate of drug-likeness (QED) is 0.855. The van der Waals surface area contributed by atoms with E-state index in [2.05, 4.69) is 4.74 Å². The first-order valence-electron chi connectivity index (χ1n) is 5.23. The first kappa shape index (κ1) is 12.5. The number of amides is 1. The minimum atomic E-state index is -0.545.